The fourth-order valence-electron chi connectivity index (χ4n) is 4.21. The Balaban J connectivity index is 1.95. The van der Waals surface area contributed by atoms with Gasteiger partial charge in [0.05, 0.1) is 0 Å². The summed E-state index contributed by atoms with van der Waals surface area (Å²) in [4.78, 5) is 0. The van der Waals surface area contributed by atoms with Crippen molar-refractivity contribution in [3.8, 4) is 33.8 Å². The number of phenols is 2. The van der Waals surface area contributed by atoms with Gasteiger partial charge in [-0.15, -0.1) is 0 Å². The van der Waals surface area contributed by atoms with Crippen molar-refractivity contribution in [2.24, 2.45) is 0 Å². The van der Waals surface area contributed by atoms with Gasteiger partial charge in [-0.1, -0.05) is 79.9 Å². The highest BCUT2D eigenvalue weighted by Gasteiger charge is 2.26. The maximum atomic E-state index is 11.3. The molecule has 4 rings (SSSR count). The van der Waals surface area contributed by atoms with Crippen LogP contribution in [0.4, 0.5) is 0 Å². The summed E-state index contributed by atoms with van der Waals surface area (Å²) < 4.78 is 0. The van der Waals surface area contributed by atoms with Crippen molar-refractivity contribution in [2.75, 3.05) is 0 Å². The molecule has 0 atom stereocenters. The average molecular weight is 344 g/mol. The molecule has 0 aliphatic heterocycles. The Hall–Kier alpha value is -2.74. The lowest BCUT2D eigenvalue weighted by atomic mass is 9.80. The molecular formula is C24H24O2. The SMILES string of the molecule is Oc1cc(-c2ccccc2)c(-c2ccccc2)c(O)c1C1CCCCC1. The summed E-state index contributed by atoms with van der Waals surface area (Å²) in [5.41, 5.74) is 4.37. The van der Waals surface area contributed by atoms with Crippen LogP contribution in [-0.2, 0) is 0 Å². The van der Waals surface area contributed by atoms with Gasteiger partial charge in [0.1, 0.15) is 11.5 Å². The molecule has 3 aromatic carbocycles. The molecule has 0 spiro atoms. The molecule has 1 aliphatic rings. The van der Waals surface area contributed by atoms with Gasteiger partial charge in [0.2, 0.25) is 0 Å². The predicted molar refractivity (Wildman–Crippen MR) is 106 cm³/mol. The summed E-state index contributed by atoms with van der Waals surface area (Å²) in [7, 11) is 0. The summed E-state index contributed by atoms with van der Waals surface area (Å²) in [6.07, 6.45) is 5.61. The van der Waals surface area contributed by atoms with E-state index in [-0.39, 0.29) is 17.4 Å². The van der Waals surface area contributed by atoms with Crippen molar-refractivity contribution in [3.05, 3.63) is 72.3 Å². The van der Waals surface area contributed by atoms with E-state index in [0.29, 0.717) is 0 Å². The van der Waals surface area contributed by atoms with E-state index < -0.39 is 0 Å². The summed E-state index contributed by atoms with van der Waals surface area (Å²) in [5.74, 6) is 0.686. The molecule has 0 radical (unpaired) electrons. The maximum Gasteiger partial charge on any atom is 0.131 e. The van der Waals surface area contributed by atoms with E-state index in [2.05, 4.69) is 0 Å². The third-order valence-electron chi connectivity index (χ3n) is 5.48. The number of benzene rings is 3. The lowest BCUT2D eigenvalue weighted by Gasteiger charge is -2.26. The minimum Gasteiger partial charge on any atom is -0.507 e. The van der Waals surface area contributed by atoms with Crippen LogP contribution in [0.1, 0.15) is 43.6 Å². The van der Waals surface area contributed by atoms with Crippen molar-refractivity contribution in [1.29, 1.82) is 0 Å². The normalized spacial score (nSPS) is 15.1. The van der Waals surface area contributed by atoms with Gasteiger partial charge < -0.3 is 10.2 Å². The van der Waals surface area contributed by atoms with Crippen LogP contribution in [-0.4, -0.2) is 10.2 Å². The highest BCUT2D eigenvalue weighted by atomic mass is 16.3. The Labute approximate surface area is 154 Å². The molecule has 2 N–H and O–H groups in total. The average Bonchev–Trinajstić information content (AvgIpc) is 2.70. The second kappa shape index (κ2) is 7.25. The Bertz CT molecular complexity index is 879. The van der Waals surface area contributed by atoms with Crippen LogP contribution >= 0.6 is 0 Å². The second-order valence-electron chi connectivity index (χ2n) is 7.15. The van der Waals surface area contributed by atoms with Gasteiger partial charge >= 0.3 is 0 Å². The molecule has 3 aromatic rings. The van der Waals surface area contributed by atoms with Gasteiger partial charge in [-0.25, -0.2) is 0 Å². The van der Waals surface area contributed by atoms with Crippen molar-refractivity contribution in [2.45, 2.75) is 38.0 Å². The van der Waals surface area contributed by atoms with E-state index in [4.69, 9.17) is 0 Å². The fourth-order valence-corrected chi connectivity index (χ4v) is 4.21. The van der Waals surface area contributed by atoms with Gasteiger partial charge in [0, 0.05) is 11.1 Å². The van der Waals surface area contributed by atoms with Crippen LogP contribution in [0.2, 0.25) is 0 Å². The van der Waals surface area contributed by atoms with Crippen LogP contribution in [0, 0.1) is 0 Å². The van der Waals surface area contributed by atoms with Crippen LogP contribution in [0.5, 0.6) is 11.5 Å². The minimum absolute atomic E-state index is 0.216. The van der Waals surface area contributed by atoms with Crippen LogP contribution in [0.25, 0.3) is 22.3 Å². The first-order chi connectivity index (χ1) is 12.8. The summed E-state index contributed by atoms with van der Waals surface area (Å²) in [6, 6.07) is 21.8. The Morgan fingerprint density at radius 2 is 1.27 bits per heavy atom. The van der Waals surface area contributed by atoms with E-state index >= 15 is 0 Å². The highest BCUT2D eigenvalue weighted by Crippen LogP contribution is 2.50. The van der Waals surface area contributed by atoms with Gasteiger partial charge in [0.15, 0.2) is 0 Å². The lowest BCUT2D eigenvalue weighted by molar-refractivity contribution is 0.390. The zero-order chi connectivity index (χ0) is 17.9. The molecule has 26 heavy (non-hydrogen) atoms. The molecule has 1 fully saturated rings. The molecule has 0 unspecified atom stereocenters. The summed E-state index contributed by atoms with van der Waals surface area (Å²) in [5, 5.41) is 22.1. The first-order valence-electron chi connectivity index (χ1n) is 9.45. The van der Waals surface area contributed by atoms with Crippen LogP contribution in [0.15, 0.2) is 66.7 Å². The number of hydrogen-bond acceptors (Lipinski definition) is 2. The summed E-state index contributed by atoms with van der Waals surface area (Å²) >= 11 is 0. The van der Waals surface area contributed by atoms with Crippen LogP contribution < -0.4 is 0 Å². The Morgan fingerprint density at radius 3 is 1.88 bits per heavy atom. The molecule has 2 nitrogen and oxygen atoms in total. The van der Waals surface area contributed by atoms with Gasteiger partial charge in [-0.05, 0) is 41.5 Å². The van der Waals surface area contributed by atoms with Gasteiger partial charge in [0.25, 0.3) is 0 Å². The minimum atomic E-state index is 0.216. The molecule has 1 aliphatic carbocycles. The molecule has 0 saturated heterocycles. The predicted octanol–water partition coefficient (Wildman–Crippen LogP) is 6.48. The molecule has 2 heteroatoms. The van der Waals surface area contributed by atoms with Crippen LogP contribution in [0.3, 0.4) is 0 Å². The van der Waals surface area contributed by atoms with Crippen molar-refractivity contribution in [1.82, 2.24) is 0 Å². The third kappa shape index (κ3) is 3.08. The largest absolute Gasteiger partial charge is 0.507 e. The quantitative estimate of drug-likeness (QED) is 0.571. The smallest absolute Gasteiger partial charge is 0.131 e. The highest BCUT2D eigenvalue weighted by molar-refractivity contribution is 5.90. The van der Waals surface area contributed by atoms with Gasteiger partial charge in [-0.3, -0.25) is 0 Å². The van der Waals surface area contributed by atoms with E-state index in [9.17, 15) is 10.2 Å². The van der Waals surface area contributed by atoms with Gasteiger partial charge in [-0.2, -0.15) is 0 Å². The summed E-state index contributed by atoms with van der Waals surface area (Å²) in [6.45, 7) is 0. The topological polar surface area (TPSA) is 40.5 Å². The number of hydrogen-bond donors (Lipinski definition) is 2. The molecule has 0 amide bonds. The fraction of sp³-hybridized carbons (Fsp3) is 0.250. The number of aromatic hydroxyl groups is 2. The molecule has 0 bridgehead atoms. The molecule has 132 valence electrons. The Kier molecular flexibility index (Phi) is 4.66. The maximum absolute atomic E-state index is 11.3. The zero-order valence-corrected chi connectivity index (χ0v) is 14.9. The first kappa shape index (κ1) is 16.7. The lowest BCUT2D eigenvalue weighted by Crippen LogP contribution is -2.06. The zero-order valence-electron chi connectivity index (χ0n) is 14.9. The third-order valence-corrected chi connectivity index (χ3v) is 5.48. The van der Waals surface area contributed by atoms with E-state index in [1.54, 1.807) is 0 Å². The van der Waals surface area contributed by atoms with E-state index in [1.807, 2.05) is 66.7 Å². The van der Waals surface area contributed by atoms with E-state index in [0.717, 1.165) is 53.5 Å². The molecule has 0 aromatic heterocycles. The van der Waals surface area contributed by atoms with Crippen molar-refractivity contribution in [3.63, 3.8) is 0 Å². The second-order valence-corrected chi connectivity index (χ2v) is 7.15. The number of rotatable bonds is 3. The monoisotopic (exact) mass is 344 g/mol. The molecule has 1 saturated carbocycles. The first-order valence-corrected chi connectivity index (χ1v) is 9.45. The Morgan fingerprint density at radius 1 is 0.692 bits per heavy atom. The molecular weight excluding hydrogens is 320 g/mol. The van der Waals surface area contributed by atoms with Crippen molar-refractivity contribution < 1.29 is 10.2 Å². The van der Waals surface area contributed by atoms with Crippen molar-refractivity contribution >= 4 is 0 Å². The number of phenolic OH excluding ortho intramolecular Hbond substituents is 2. The van der Waals surface area contributed by atoms with E-state index in [1.165, 1.54) is 6.42 Å². The standard InChI is InChI=1S/C24H24O2/c25-21-16-20(17-10-4-1-5-11-17)22(18-12-6-2-7-13-18)24(26)23(21)19-14-8-3-9-15-19/h1-2,4-7,10-13,16,19,25-26H,3,8-9,14-15H2. The molecule has 0 heterocycles.